The van der Waals surface area contributed by atoms with Gasteiger partial charge >= 0.3 is 5.97 Å². The molecule has 3 heterocycles. The van der Waals surface area contributed by atoms with Gasteiger partial charge in [0.05, 0.1) is 0 Å². The van der Waals surface area contributed by atoms with Crippen molar-refractivity contribution in [2.24, 2.45) is 0 Å². The van der Waals surface area contributed by atoms with Gasteiger partial charge in [-0.25, -0.2) is 28.5 Å². The Balaban J connectivity index is 1.33. The van der Waals surface area contributed by atoms with Gasteiger partial charge in [-0.3, -0.25) is 4.90 Å². The molecule has 3 N–H and O–H groups in total. The molecule has 10 nitrogen and oxygen atoms in total. The van der Waals surface area contributed by atoms with Crippen LogP contribution in [-0.4, -0.2) is 83.9 Å². The molecule has 42 heavy (non-hydrogen) atoms. The van der Waals surface area contributed by atoms with E-state index in [0.29, 0.717) is 37.7 Å². The van der Waals surface area contributed by atoms with Crippen LogP contribution in [0.5, 0.6) is 5.75 Å². The van der Waals surface area contributed by atoms with Crippen LogP contribution in [0.4, 0.5) is 26.2 Å². The highest BCUT2D eigenvalue weighted by Gasteiger charge is 2.20. The van der Waals surface area contributed by atoms with Crippen LogP contribution in [0.25, 0.3) is 0 Å². The van der Waals surface area contributed by atoms with Crippen molar-refractivity contribution in [1.29, 1.82) is 0 Å². The highest BCUT2D eigenvalue weighted by Crippen LogP contribution is 2.21. The molecule has 0 spiro atoms. The number of aliphatic carboxylic acids is 1. The Morgan fingerprint density at radius 2 is 1.90 bits per heavy atom. The monoisotopic (exact) mass is 583 g/mol. The van der Waals surface area contributed by atoms with Gasteiger partial charge in [0, 0.05) is 63.7 Å². The SMILES string of the molecule is CN(C)c1cc(N[C@@H](CCN(CCCCc2ccc3c(n2)NCCC3)CCOc2cc(F)cc(F)c2)C(=O)O)ncn1. The molecule has 0 bridgehead atoms. The lowest BCUT2D eigenvalue weighted by Crippen LogP contribution is -2.37. The molecule has 0 fully saturated rings. The summed E-state index contributed by atoms with van der Waals surface area (Å²) in [5.74, 6) is -0.205. The lowest BCUT2D eigenvalue weighted by molar-refractivity contribution is -0.138. The summed E-state index contributed by atoms with van der Waals surface area (Å²) in [4.78, 5) is 29.1. The van der Waals surface area contributed by atoms with Crippen LogP contribution in [0.2, 0.25) is 0 Å². The largest absolute Gasteiger partial charge is 0.492 e. The summed E-state index contributed by atoms with van der Waals surface area (Å²) in [6, 6.07) is 8.15. The molecule has 2 aromatic heterocycles. The van der Waals surface area contributed by atoms with E-state index >= 15 is 0 Å². The van der Waals surface area contributed by atoms with Gasteiger partial charge in [0.2, 0.25) is 0 Å². The molecule has 1 aliphatic heterocycles. The van der Waals surface area contributed by atoms with Gasteiger partial charge in [0.15, 0.2) is 0 Å². The number of nitrogens with one attached hydrogen (secondary N) is 2. The molecule has 0 saturated carbocycles. The van der Waals surface area contributed by atoms with Gasteiger partial charge in [0.25, 0.3) is 0 Å². The lowest BCUT2D eigenvalue weighted by atomic mass is 10.1. The van der Waals surface area contributed by atoms with Crippen molar-refractivity contribution >= 4 is 23.4 Å². The summed E-state index contributed by atoms with van der Waals surface area (Å²) in [6.45, 7) is 2.78. The van der Waals surface area contributed by atoms with Gasteiger partial charge < -0.3 is 25.4 Å². The second-order valence-electron chi connectivity index (χ2n) is 10.6. The first-order valence-electron chi connectivity index (χ1n) is 14.3. The van der Waals surface area contributed by atoms with Crippen molar-refractivity contribution in [2.75, 3.05) is 62.4 Å². The normalized spacial score (nSPS) is 13.3. The van der Waals surface area contributed by atoms with E-state index in [-0.39, 0.29) is 12.4 Å². The molecule has 0 amide bonds. The number of ether oxygens (including phenoxy) is 1. The fraction of sp³-hybridized carbons (Fsp3) is 0.467. The molecule has 4 rings (SSSR count). The minimum Gasteiger partial charge on any atom is -0.492 e. The van der Waals surface area contributed by atoms with Crippen LogP contribution in [0.15, 0.2) is 42.7 Å². The highest BCUT2D eigenvalue weighted by molar-refractivity contribution is 5.77. The zero-order chi connectivity index (χ0) is 29.9. The Bertz CT molecular complexity index is 1310. The van der Waals surface area contributed by atoms with Crippen LogP contribution in [-0.2, 0) is 17.6 Å². The molecule has 226 valence electrons. The van der Waals surface area contributed by atoms with E-state index in [1.54, 1.807) is 6.07 Å². The number of hydrogen-bond acceptors (Lipinski definition) is 9. The molecule has 12 heteroatoms. The summed E-state index contributed by atoms with van der Waals surface area (Å²) >= 11 is 0. The minimum atomic E-state index is -0.987. The average molecular weight is 584 g/mol. The van der Waals surface area contributed by atoms with E-state index in [4.69, 9.17) is 9.72 Å². The molecule has 1 aromatic carbocycles. The molecule has 1 aliphatic rings. The first-order valence-corrected chi connectivity index (χ1v) is 14.3. The summed E-state index contributed by atoms with van der Waals surface area (Å²) in [5.41, 5.74) is 2.30. The number of pyridine rings is 1. The molecular formula is C30H39F2N7O3. The van der Waals surface area contributed by atoms with Crippen molar-refractivity contribution in [1.82, 2.24) is 19.9 Å². The summed E-state index contributed by atoms with van der Waals surface area (Å²) in [6.07, 6.45) is 6.48. The smallest absolute Gasteiger partial charge is 0.326 e. The molecule has 1 atom stereocenters. The van der Waals surface area contributed by atoms with Gasteiger partial charge in [-0.2, -0.15) is 0 Å². The standard InChI is InChI=1S/C30H39F2N7O3/c1-38(2)28-19-27(34-20-35-28)37-26(30(40)41)10-13-39(14-15-42-25-17-22(31)16-23(32)18-25)12-4-3-7-24-9-8-21-6-5-11-33-29(21)36-24/h8-9,16-20,26H,3-7,10-15H2,1-2H3,(H,33,36)(H,40,41)(H,34,35,37)/t26-/m0/s1. The fourth-order valence-corrected chi connectivity index (χ4v) is 4.81. The Morgan fingerprint density at radius 1 is 1.10 bits per heavy atom. The highest BCUT2D eigenvalue weighted by atomic mass is 19.1. The molecule has 0 saturated heterocycles. The maximum atomic E-state index is 13.6. The van der Waals surface area contributed by atoms with Crippen molar-refractivity contribution in [3.8, 4) is 5.75 Å². The van der Waals surface area contributed by atoms with E-state index in [2.05, 4.69) is 37.6 Å². The van der Waals surface area contributed by atoms with E-state index in [0.717, 1.165) is 68.4 Å². The van der Waals surface area contributed by atoms with Crippen LogP contribution in [0, 0.1) is 11.6 Å². The second-order valence-corrected chi connectivity index (χ2v) is 10.6. The molecule has 3 aromatic rings. The number of carbonyl (C=O) groups is 1. The predicted molar refractivity (Wildman–Crippen MR) is 158 cm³/mol. The number of fused-ring (bicyclic) bond motifs is 1. The lowest BCUT2D eigenvalue weighted by Gasteiger charge is -2.25. The summed E-state index contributed by atoms with van der Waals surface area (Å²) in [7, 11) is 3.69. The third kappa shape index (κ3) is 9.51. The number of hydrogen-bond donors (Lipinski definition) is 3. The Hall–Kier alpha value is -4.06. The van der Waals surface area contributed by atoms with Crippen molar-refractivity contribution in [3.63, 3.8) is 0 Å². The first-order chi connectivity index (χ1) is 20.3. The van der Waals surface area contributed by atoms with Crippen molar-refractivity contribution < 1.29 is 23.4 Å². The topological polar surface area (TPSA) is 116 Å². The number of rotatable bonds is 16. The van der Waals surface area contributed by atoms with Crippen molar-refractivity contribution in [3.05, 3.63) is 65.6 Å². The number of unbranched alkanes of at least 4 members (excludes halogenated alkanes) is 1. The zero-order valence-electron chi connectivity index (χ0n) is 24.2. The number of anilines is 3. The number of benzene rings is 1. The zero-order valence-corrected chi connectivity index (χ0v) is 24.2. The van der Waals surface area contributed by atoms with E-state index in [1.165, 1.54) is 11.9 Å². The van der Waals surface area contributed by atoms with E-state index < -0.39 is 23.6 Å². The van der Waals surface area contributed by atoms with Gasteiger partial charge in [-0.1, -0.05) is 6.07 Å². The second kappa shape index (κ2) is 15.2. The minimum absolute atomic E-state index is 0.116. The Kier molecular flexibility index (Phi) is 11.2. The molecule has 0 radical (unpaired) electrons. The molecule has 0 unspecified atom stereocenters. The van der Waals surface area contributed by atoms with Gasteiger partial charge in [0.1, 0.15) is 53.8 Å². The first kappa shape index (κ1) is 30.9. The third-order valence-electron chi connectivity index (χ3n) is 7.09. The Morgan fingerprint density at radius 3 is 2.67 bits per heavy atom. The number of aromatic nitrogens is 3. The maximum absolute atomic E-state index is 13.6. The predicted octanol–water partition coefficient (Wildman–Crippen LogP) is 4.23. The average Bonchev–Trinajstić information content (AvgIpc) is 2.96. The fourth-order valence-electron chi connectivity index (χ4n) is 4.81. The van der Waals surface area contributed by atoms with E-state index in [9.17, 15) is 18.7 Å². The Labute approximate surface area is 245 Å². The van der Waals surface area contributed by atoms with Crippen LogP contribution in [0.3, 0.4) is 0 Å². The maximum Gasteiger partial charge on any atom is 0.326 e. The third-order valence-corrected chi connectivity index (χ3v) is 7.09. The van der Waals surface area contributed by atoms with Crippen LogP contribution in [0.1, 0.15) is 36.9 Å². The summed E-state index contributed by atoms with van der Waals surface area (Å²) in [5, 5.41) is 16.3. The van der Waals surface area contributed by atoms with Gasteiger partial charge in [-0.05, 0) is 56.7 Å². The number of nitrogens with zero attached hydrogens (tertiary/aromatic N) is 5. The number of aryl methyl sites for hydroxylation is 2. The quantitative estimate of drug-likeness (QED) is 0.212. The van der Waals surface area contributed by atoms with Crippen molar-refractivity contribution in [2.45, 2.75) is 44.6 Å². The number of halogens is 2. The van der Waals surface area contributed by atoms with E-state index in [1.807, 2.05) is 19.0 Å². The number of carboxylic acids is 1. The molecule has 0 aliphatic carbocycles. The van der Waals surface area contributed by atoms with Gasteiger partial charge in [-0.15, -0.1) is 0 Å². The van der Waals surface area contributed by atoms with Crippen LogP contribution < -0.4 is 20.3 Å². The summed E-state index contributed by atoms with van der Waals surface area (Å²) < 4.78 is 32.8. The number of carboxylic acid groups (broad SMARTS) is 1. The van der Waals surface area contributed by atoms with Crippen LogP contribution >= 0.6 is 0 Å². The molecular weight excluding hydrogens is 544 g/mol.